The maximum absolute atomic E-state index is 12.4. The number of amides is 1. The van der Waals surface area contributed by atoms with Gasteiger partial charge in [-0.3, -0.25) is 9.59 Å². The molecule has 1 spiro atoms. The molecular weight excluding hydrogens is 282 g/mol. The molecule has 1 aromatic rings. The van der Waals surface area contributed by atoms with E-state index in [1.54, 1.807) is 18.0 Å². The smallest absolute Gasteiger partial charge is 0.273 e. The normalized spacial score (nSPS) is 22.0. The zero-order chi connectivity index (χ0) is 16.1. The maximum Gasteiger partial charge on any atom is 0.273 e. The number of likely N-dealkylation sites (tertiary alicyclic amines) is 1. The number of aromatic nitrogens is 3. The van der Waals surface area contributed by atoms with Gasteiger partial charge < -0.3 is 4.90 Å². The fraction of sp³-hybridized carbons (Fsp3) is 0.533. The summed E-state index contributed by atoms with van der Waals surface area (Å²) in [6, 6.07) is 2.00. The van der Waals surface area contributed by atoms with Gasteiger partial charge in [0.25, 0.3) is 5.91 Å². The number of rotatable bonds is 1. The van der Waals surface area contributed by atoms with Gasteiger partial charge in [-0.05, 0) is 6.42 Å². The molecule has 0 N–H and O–H groups in total. The van der Waals surface area contributed by atoms with Crippen LogP contribution in [0.4, 0.5) is 0 Å². The van der Waals surface area contributed by atoms with Crippen LogP contribution < -0.4 is 0 Å². The number of aryl methyl sites for hydroxylation is 1. The van der Waals surface area contributed by atoms with Gasteiger partial charge in [-0.25, -0.2) is 4.68 Å². The average molecular weight is 299 g/mol. The molecule has 1 aliphatic heterocycles. The largest absolute Gasteiger partial charge is 0.335 e. The second-order valence-electron chi connectivity index (χ2n) is 6.83. The summed E-state index contributed by atoms with van der Waals surface area (Å²) in [7, 11) is 1.67. The van der Waals surface area contributed by atoms with Crippen molar-refractivity contribution in [3.63, 3.8) is 0 Å². The van der Waals surface area contributed by atoms with Crippen LogP contribution in [0.2, 0.25) is 0 Å². The van der Waals surface area contributed by atoms with Crippen LogP contribution in [0.1, 0.15) is 30.8 Å². The van der Waals surface area contributed by atoms with E-state index in [4.69, 9.17) is 5.26 Å². The Kier molecular flexibility index (Phi) is 2.96. The van der Waals surface area contributed by atoms with Crippen molar-refractivity contribution in [2.24, 2.45) is 17.9 Å². The summed E-state index contributed by atoms with van der Waals surface area (Å²) in [5, 5.41) is 16.6. The minimum atomic E-state index is -0.566. The summed E-state index contributed by atoms with van der Waals surface area (Å²) < 4.78 is 1.44. The molecule has 3 rings (SSSR count). The topological polar surface area (TPSA) is 91.9 Å². The molecule has 0 atom stereocenters. The number of carbonyl (C=O) groups is 2. The molecule has 1 amide bonds. The van der Waals surface area contributed by atoms with Crippen molar-refractivity contribution in [3.8, 4) is 6.07 Å². The van der Waals surface area contributed by atoms with Crippen LogP contribution in [0.3, 0.4) is 0 Å². The lowest BCUT2D eigenvalue weighted by Gasteiger charge is -2.53. The molecule has 1 fully saturated rings. The van der Waals surface area contributed by atoms with Gasteiger partial charge in [0.15, 0.2) is 5.78 Å². The van der Waals surface area contributed by atoms with E-state index < -0.39 is 5.41 Å². The lowest BCUT2D eigenvalue weighted by molar-refractivity contribution is -0.127. The second-order valence-corrected chi connectivity index (χ2v) is 6.83. The maximum atomic E-state index is 12.4. The number of Topliss-reactive ketones (excluding diaryl/α,β-unsaturated/α-hetero) is 1. The monoisotopic (exact) mass is 299 g/mol. The minimum absolute atomic E-state index is 0.110. The quantitative estimate of drug-likeness (QED) is 0.761. The van der Waals surface area contributed by atoms with Gasteiger partial charge in [0.1, 0.15) is 11.8 Å². The molecule has 2 aliphatic rings. The van der Waals surface area contributed by atoms with Crippen LogP contribution in [0, 0.1) is 22.2 Å². The van der Waals surface area contributed by atoms with E-state index in [2.05, 4.69) is 10.3 Å². The molecule has 0 unspecified atom stereocenters. The van der Waals surface area contributed by atoms with E-state index in [-0.39, 0.29) is 22.7 Å². The standard InChI is InChI=1S/C15H17N5O2/c1-14(2)7-15(4-10(5-16)12(14)21)8-20(9-15)13(22)11-6-17-18-19(11)3/h4,6H,7-9H2,1-3H3. The van der Waals surface area contributed by atoms with Crippen LogP contribution in [0.25, 0.3) is 0 Å². The Hall–Kier alpha value is -2.49. The molecule has 1 saturated heterocycles. The first kappa shape index (κ1) is 14.4. The third kappa shape index (κ3) is 2.03. The lowest BCUT2D eigenvalue weighted by atomic mass is 9.61. The molecule has 7 nitrogen and oxygen atoms in total. The predicted octanol–water partition coefficient (Wildman–Crippen LogP) is 0.706. The molecule has 1 aliphatic carbocycles. The first-order chi connectivity index (χ1) is 10.3. The Balaban J connectivity index is 1.81. The number of hydrogen-bond donors (Lipinski definition) is 0. The molecule has 0 bridgehead atoms. The van der Waals surface area contributed by atoms with Gasteiger partial charge in [-0.2, -0.15) is 5.26 Å². The fourth-order valence-corrected chi connectivity index (χ4v) is 3.54. The van der Waals surface area contributed by atoms with Gasteiger partial charge in [0.2, 0.25) is 0 Å². The van der Waals surface area contributed by atoms with Crippen molar-refractivity contribution < 1.29 is 9.59 Å². The predicted molar refractivity (Wildman–Crippen MR) is 76.4 cm³/mol. The zero-order valence-corrected chi connectivity index (χ0v) is 12.8. The molecule has 0 aromatic carbocycles. The van der Waals surface area contributed by atoms with Gasteiger partial charge in [0, 0.05) is 31.0 Å². The van der Waals surface area contributed by atoms with Crippen molar-refractivity contribution in [1.82, 2.24) is 19.9 Å². The van der Waals surface area contributed by atoms with Crippen molar-refractivity contribution >= 4 is 11.7 Å². The van der Waals surface area contributed by atoms with E-state index in [1.165, 1.54) is 10.9 Å². The number of hydrogen-bond acceptors (Lipinski definition) is 5. The summed E-state index contributed by atoms with van der Waals surface area (Å²) >= 11 is 0. The first-order valence-corrected chi connectivity index (χ1v) is 7.10. The Morgan fingerprint density at radius 2 is 2.09 bits per heavy atom. The van der Waals surface area contributed by atoms with Gasteiger partial charge >= 0.3 is 0 Å². The van der Waals surface area contributed by atoms with Crippen LogP contribution >= 0.6 is 0 Å². The molecule has 0 radical (unpaired) electrons. The molecule has 114 valence electrons. The Bertz CT molecular complexity index is 731. The molecular formula is C15H17N5O2. The highest BCUT2D eigenvalue weighted by atomic mass is 16.2. The Morgan fingerprint density at radius 3 is 2.64 bits per heavy atom. The van der Waals surface area contributed by atoms with E-state index in [9.17, 15) is 9.59 Å². The summed E-state index contributed by atoms with van der Waals surface area (Å²) in [5.41, 5.74) is -0.191. The Morgan fingerprint density at radius 1 is 1.41 bits per heavy atom. The lowest BCUT2D eigenvalue weighted by Crippen LogP contribution is -2.61. The zero-order valence-electron chi connectivity index (χ0n) is 12.8. The summed E-state index contributed by atoms with van der Waals surface area (Å²) in [5.74, 6) is -0.235. The highest BCUT2D eigenvalue weighted by molar-refractivity contribution is 6.04. The van der Waals surface area contributed by atoms with Crippen LogP contribution in [-0.2, 0) is 11.8 Å². The second kappa shape index (κ2) is 4.50. The number of nitrogens with zero attached hydrogens (tertiary/aromatic N) is 5. The van der Waals surface area contributed by atoms with Crippen molar-refractivity contribution in [3.05, 3.63) is 23.5 Å². The van der Waals surface area contributed by atoms with Crippen molar-refractivity contribution in [2.45, 2.75) is 20.3 Å². The third-order valence-corrected chi connectivity index (χ3v) is 4.46. The van der Waals surface area contributed by atoms with Crippen LogP contribution in [0.5, 0.6) is 0 Å². The van der Waals surface area contributed by atoms with Crippen molar-refractivity contribution in [1.29, 1.82) is 5.26 Å². The van der Waals surface area contributed by atoms with E-state index in [0.717, 1.165) is 0 Å². The molecule has 22 heavy (non-hydrogen) atoms. The van der Waals surface area contributed by atoms with Crippen LogP contribution in [0.15, 0.2) is 17.8 Å². The van der Waals surface area contributed by atoms with E-state index in [1.807, 2.05) is 19.9 Å². The van der Waals surface area contributed by atoms with E-state index >= 15 is 0 Å². The number of nitriles is 1. The number of ketones is 1. The third-order valence-electron chi connectivity index (χ3n) is 4.46. The fourth-order valence-electron chi connectivity index (χ4n) is 3.54. The first-order valence-electron chi connectivity index (χ1n) is 7.10. The van der Waals surface area contributed by atoms with E-state index in [0.29, 0.717) is 25.2 Å². The van der Waals surface area contributed by atoms with Gasteiger partial charge in [0.05, 0.1) is 11.8 Å². The average Bonchev–Trinajstić information content (AvgIpc) is 2.84. The van der Waals surface area contributed by atoms with Gasteiger partial charge in [-0.15, -0.1) is 5.10 Å². The Labute approximate surface area is 128 Å². The van der Waals surface area contributed by atoms with Crippen LogP contribution in [-0.4, -0.2) is 44.7 Å². The molecule has 0 saturated carbocycles. The summed E-state index contributed by atoms with van der Waals surface area (Å²) in [6.45, 7) is 4.74. The van der Waals surface area contributed by atoms with Crippen molar-refractivity contribution in [2.75, 3.05) is 13.1 Å². The molecule has 2 heterocycles. The molecule has 7 heteroatoms. The number of carbonyl (C=O) groups excluding carboxylic acids is 2. The highest BCUT2D eigenvalue weighted by Crippen LogP contribution is 2.48. The summed E-state index contributed by atoms with van der Waals surface area (Å²) in [6.07, 6.45) is 3.85. The number of allylic oxidation sites excluding steroid dienone is 1. The SMILES string of the molecule is Cn1nncc1C(=O)N1CC2(C=C(C#N)C(=O)C(C)(C)C2)C1. The molecule has 1 aromatic heterocycles. The summed E-state index contributed by atoms with van der Waals surface area (Å²) in [4.78, 5) is 26.3. The highest BCUT2D eigenvalue weighted by Gasteiger charge is 2.52. The van der Waals surface area contributed by atoms with Gasteiger partial charge in [-0.1, -0.05) is 25.1 Å². The minimum Gasteiger partial charge on any atom is -0.335 e.